The predicted octanol–water partition coefficient (Wildman–Crippen LogP) is 6.90. The van der Waals surface area contributed by atoms with Crippen molar-refractivity contribution in [3.8, 4) is 33.5 Å². The molecular formula is C33H30N4O2. The van der Waals surface area contributed by atoms with Gasteiger partial charge in [-0.15, -0.1) is 0 Å². The van der Waals surface area contributed by atoms with Crippen LogP contribution < -0.4 is 5.56 Å². The van der Waals surface area contributed by atoms with E-state index in [4.69, 9.17) is 9.84 Å². The molecule has 0 radical (unpaired) electrons. The van der Waals surface area contributed by atoms with Gasteiger partial charge in [0, 0.05) is 30.8 Å². The number of aryl methyl sites for hydroxylation is 1. The molecule has 0 amide bonds. The van der Waals surface area contributed by atoms with Gasteiger partial charge in [-0.25, -0.2) is 0 Å². The fraction of sp³-hybridized carbons (Fsp3) is 0.182. The Morgan fingerprint density at radius 3 is 2.31 bits per heavy atom. The molecule has 3 aromatic carbocycles. The number of rotatable bonds is 8. The highest BCUT2D eigenvalue weighted by atomic mass is 16.5. The highest BCUT2D eigenvalue weighted by Crippen LogP contribution is 2.36. The first kappa shape index (κ1) is 24.8. The van der Waals surface area contributed by atoms with Gasteiger partial charge in [0.1, 0.15) is 11.3 Å². The average molecular weight is 515 g/mol. The third kappa shape index (κ3) is 4.53. The standard InChI is InChI=1S/C33H30N4O2/c1-3-4-20-39-22-28-29(26-17-18-27-25(21-26)16-11-19-34-27)33(38)37-32(36(28)2)30(23-12-7-5-8-13-23)31(35-37)24-14-9-6-10-15-24/h5-19,21H,3-4,20,22H2,1-2H3. The zero-order valence-corrected chi connectivity index (χ0v) is 22.2. The zero-order chi connectivity index (χ0) is 26.8. The summed E-state index contributed by atoms with van der Waals surface area (Å²) in [5.74, 6) is 0. The number of hydrogen-bond donors (Lipinski definition) is 0. The van der Waals surface area contributed by atoms with Crippen LogP contribution in [0.5, 0.6) is 0 Å². The maximum Gasteiger partial charge on any atom is 0.282 e. The molecule has 6 heteroatoms. The van der Waals surface area contributed by atoms with E-state index in [1.165, 1.54) is 0 Å². The number of nitrogens with zero attached hydrogens (tertiary/aromatic N) is 4. The van der Waals surface area contributed by atoms with E-state index in [0.29, 0.717) is 18.8 Å². The first-order valence-electron chi connectivity index (χ1n) is 13.4. The van der Waals surface area contributed by atoms with Gasteiger partial charge >= 0.3 is 0 Å². The van der Waals surface area contributed by atoms with Crippen molar-refractivity contribution >= 4 is 16.6 Å². The summed E-state index contributed by atoms with van der Waals surface area (Å²) in [5, 5.41) is 5.93. The van der Waals surface area contributed by atoms with Gasteiger partial charge in [0.2, 0.25) is 0 Å². The lowest BCUT2D eigenvalue weighted by molar-refractivity contribution is 0.114. The van der Waals surface area contributed by atoms with Crippen molar-refractivity contribution in [1.29, 1.82) is 0 Å². The normalized spacial score (nSPS) is 11.4. The minimum absolute atomic E-state index is 0.167. The van der Waals surface area contributed by atoms with Gasteiger partial charge in [-0.1, -0.05) is 86.1 Å². The van der Waals surface area contributed by atoms with E-state index in [1.807, 2.05) is 85.9 Å². The maximum atomic E-state index is 14.4. The summed E-state index contributed by atoms with van der Waals surface area (Å²) in [6.07, 6.45) is 3.79. The van der Waals surface area contributed by atoms with Gasteiger partial charge in [-0.05, 0) is 35.7 Å². The van der Waals surface area contributed by atoms with Gasteiger partial charge in [0.05, 0.1) is 28.9 Å². The fourth-order valence-corrected chi connectivity index (χ4v) is 5.16. The summed E-state index contributed by atoms with van der Waals surface area (Å²) < 4.78 is 9.77. The Labute approximate surface area is 227 Å². The molecule has 0 unspecified atom stereocenters. The number of ether oxygens (including phenoxy) is 1. The van der Waals surface area contributed by atoms with Crippen molar-refractivity contribution in [3.05, 3.63) is 113 Å². The van der Waals surface area contributed by atoms with Crippen LogP contribution in [-0.4, -0.2) is 25.8 Å². The molecule has 0 aliphatic rings. The topological polar surface area (TPSA) is 61.4 Å². The number of unbranched alkanes of at least 4 members (excludes halogenated alkanes) is 1. The van der Waals surface area contributed by atoms with Gasteiger partial charge in [0.25, 0.3) is 5.56 Å². The monoisotopic (exact) mass is 514 g/mol. The van der Waals surface area contributed by atoms with Crippen molar-refractivity contribution in [3.63, 3.8) is 0 Å². The molecule has 0 aliphatic carbocycles. The molecule has 6 rings (SSSR count). The first-order valence-corrected chi connectivity index (χ1v) is 13.4. The maximum absolute atomic E-state index is 14.4. The largest absolute Gasteiger partial charge is 0.375 e. The molecule has 0 N–H and O–H groups in total. The molecule has 6 aromatic rings. The number of hydrogen-bond acceptors (Lipinski definition) is 4. The highest BCUT2D eigenvalue weighted by molar-refractivity contribution is 5.92. The minimum Gasteiger partial charge on any atom is -0.375 e. The van der Waals surface area contributed by atoms with Crippen LogP contribution in [0.3, 0.4) is 0 Å². The fourth-order valence-electron chi connectivity index (χ4n) is 5.16. The van der Waals surface area contributed by atoms with Gasteiger partial charge < -0.3 is 9.30 Å². The summed E-state index contributed by atoms with van der Waals surface area (Å²) in [4.78, 5) is 18.8. The molecule has 0 aliphatic heterocycles. The number of fused-ring (bicyclic) bond motifs is 2. The van der Waals surface area contributed by atoms with E-state index in [-0.39, 0.29) is 5.56 Å². The van der Waals surface area contributed by atoms with E-state index >= 15 is 0 Å². The Morgan fingerprint density at radius 2 is 1.56 bits per heavy atom. The first-order chi connectivity index (χ1) is 19.2. The van der Waals surface area contributed by atoms with Crippen LogP contribution in [0.1, 0.15) is 25.5 Å². The lowest BCUT2D eigenvalue weighted by Gasteiger charge is -2.17. The molecule has 0 bridgehead atoms. The summed E-state index contributed by atoms with van der Waals surface area (Å²) in [6.45, 7) is 3.10. The lowest BCUT2D eigenvalue weighted by atomic mass is 10.00. The van der Waals surface area contributed by atoms with Crippen molar-refractivity contribution in [2.24, 2.45) is 7.05 Å². The molecule has 0 saturated heterocycles. The smallest absolute Gasteiger partial charge is 0.282 e. The molecule has 0 saturated carbocycles. The highest BCUT2D eigenvalue weighted by Gasteiger charge is 2.25. The van der Waals surface area contributed by atoms with Crippen molar-refractivity contribution < 1.29 is 4.74 Å². The van der Waals surface area contributed by atoms with Gasteiger partial charge in [-0.2, -0.15) is 9.61 Å². The van der Waals surface area contributed by atoms with E-state index in [9.17, 15) is 4.79 Å². The van der Waals surface area contributed by atoms with Crippen LogP contribution in [0.2, 0.25) is 0 Å². The summed E-state index contributed by atoms with van der Waals surface area (Å²) in [6, 6.07) is 30.1. The molecule has 0 atom stereocenters. The van der Waals surface area contributed by atoms with Crippen molar-refractivity contribution in [2.75, 3.05) is 6.61 Å². The van der Waals surface area contributed by atoms with Crippen LogP contribution in [0.25, 0.3) is 50.1 Å². The Hall–Kier alpha value is -4.55. The Bertz CT molecular complexity index is 1820. The van der Waals surface area contributed by atoms with Crippen LogP contribution >= 0.6 is 0 Å². The van der Waals surface area contributed by atoms with E-state index in [1.54, 1.807) is 10.7 Å². The van der Waals surface area contributed by atoms with Crippen LogP contribution in [0, 0.1) is 0 Å². The molecule has 6 nitrogen and oxygen atoms in total. The molecule has 39 heavy (non-hydrogen) atoms. The van der Waals surface area contributed by atoms with Gasteiger partial charge in [-0.3, -0.25) is 9.78 Å². The van der Waals surface area contributed by atoms with Crippen molar-refractivity contribution in [2.45, 2.75) is 26.4 Å². The third-order valence-corrected chi connectivity index (χ3v) is 7.16. The summed E-state index contributed by atoms with van der Waals surface area (Å²) in [5.41, 5.74) is 7.35. The van der Waals surface area contributed by atoms with Crippen molar-refractivity contribution in [1.82, 2.24) is 19.2 Å². The van der Waals surface area contributed by atoms with Gasteiger partial charge in [0.15, 0.2) is 0 Å². The average Bonchev–Trinajstić information content (AvgIpc) is 3.40. The molecule has 0 fully saturated rings. The third-order valence-electron chi connectivity index (χ3n) is 7.16. The number of pyridine rings is 1. The minimum atomic E-state index is -0.167. The number of benzene rings is 3. The molecular weight excluding hydrogens is 484 g/mol. The zero-order valence-electron chi connectivity index (χ0n) is 22.2. The molecule has 3 aromatic heterocycles. The summed E-state index contributed by atoms with van der Waals surface area (Å²) in [7, 11) is 2.00. The lowest BCUT2D eigenvalue weighted by Crippen LogP contribution is -2.24. The Kier molecular flexibility index (Phi) is 6.78. The molecule has 194 valence electrons. The van der Waals surface area contributed by atoms with Crippen LogP contribution in [0.15, 0.2) is 102 Å². The van der Waals surface area contributed by atoms with Crippen LogP contribution in [0.4, 0.5) is 0 Å². The second-order valence-electron chi connectivity index (χ2n) is 9.69. The van der Waals surface area contributed by atoms with E-state index in [2.05, 4.69) is 28.6 Å². The summed E-state index contributed by atoms with van der Waals surface area (Å²) >= 11 is 0. The Balaban J connectivity index is 1.67. The quantitative estimate of drug-likeness (QED) is 0.207. The van der Waals surface area contributed by atoms with E-state index < -0.39 is 0 Å². The SMILES string of the molecule is CCCCOCc1c(-c2ccc3ncccc3c2)c(=O)n2nc(-c3ccccc3)c(-c3ccccc3)c2n1C. The second kappa shape index (κ2) is 10.7. The second-order valence-corrected chi connectivity index (χ2v) is 9.69. The predicted molar refractivity (Wildman–Crippen MR) is 157 cm³/mol. The number of aromatic nitrogens is 4. The van der Waals surface area contributed by atoms with Crippen LogP contribution in [-0.2, 0) is 18.4 Å². The molecule has 0 spiro atoms. The Morgan fingerprint density at radius 1 is 0.821 bits per heavy atom. The molecule has 3 heterocycles. The van der Waals surface area contributed by atoms with E-state index in [0.717, 1.165) is 63.0 Å².